The second-order valence-corrected chi connectivity index (χ2v) is 7.68. The van der Waals surface area contributed by atoms with Crippen LogP contribution in [0.15, 0.2) is 0 Å². The zero-order valence-electron chi connectivity index (χ0n) is 14.0. The number of hydrogen-bond acceptors (Lipinski definition) is 3. The number of ether oxygens (including phenoxy) is 1. The van der Waals surface area contributed by atoms with E-state index in [0.717, 1.165) is 32.0 Å². The number of carbonyl (C=O) groups is 1. The van der Waals surface area contributed by atoms with Crippen molar-refractivity contribution in [2.24, 2.45) is 5.92 Å². The Morgan fingerprint density at radius 3 is 2.52 bits per heavy atom. The third-order valence-electron chi connectivity index (χ3n) is 4.49. The van der Waals surface area contributed by atoms with Crippen LogP contribution in [0.25, 0.3) is 0 Å². The molecule has 0 aromatic carbocycles. The van der Waals surface area contributed by atoms with Crippen LogP contribution in [-0.4, -0.2) is 42.3 Å². The fourth-order valence-electron chi connectivity index (χ4n) is 3.36. The van der Waals surface area contributed by atoms with Crippen molar-refractivity contribution >= 4 is 6.09 Å². The van der Waals surface area contributed by atoms with E-state index < -0.39 is 5.60 Å². The minimum atomic E-state index is -0.403. The van der Waals surface area contributed by atoms with Gasteiger partial charge in [-0.25, -0.2) is 4.79 Å². The first-order chi connectivity index (χ1) is 9.94. The second kappa shape index (κ2) is 7.48. The van der Waals surface area contributed by atoms with Crippen LogP contribution in [0.2, 0.25) is 0 Å². The molecule has 1 N–H and O–H groups in total. The Hall–Kier alpha value is -0.770. The standard InChI is InChI=1S/C17H32N2O2/c1-17(2,3)21-16(20)19-11-7-10-15(13-19)18-12-14-8-5-4-6-9-14/h14-15,18H,4-13H2,1-3H3. The first-order valence-electron chi connectivity index (χ1n) is 8.65. The topological polar surface area (TPSA) is 41.6 Å². The highest BCUT2D eigenvalue weighted by atomic mass is 16.6. The molecule has 2 aliphatic rings. The van der Waals surface area contributed by atoms with E-state index in [1.54, 1.807) is 0 Å². The monoisotopic (exact) mass is 296 g/mol. The molecule has 0 aromatic heterocycles. The fraction of sp³-hybridized carbons (Fsp3) is 0.941. The molecule has 2 rings (SSSR count). The molecule has 1 saturated carbocycles. The second-order valence-electron chi connectivity index (χ2n) is 7.68. The molecule has 0 radical (unpaired) electrons. The van der Waals surface area contributed by atoms with Gasteiger partial charge in [-0.1, -0.05) is 19.3 Å². The Morgan fingerprint density at radius 1 is 1.14 bits per heavy atom. The van der Waals surface area contributed by atoms with Crippen molar-refractivity contribution in [3.8, 4) is 0 Å². The number of rotatable bonds is 3. The molecule has 21 heavy (non-hydrogen) atoms. The van der Waals surface area contributed by atoms with Gasteiger partial charge in [-0.3, -0.25) is 0 Å². The summed E-state index contributed by atoms with van der Waals surface area (Å²) in [5, 5.41) is 3.69. The molecule has 0 bridgehead atoms. The van der Waals surface area contributed by atoms with Gasteiger partial charge in [-0.05, 0) is 58.9 Å². The predicted octanol–water partition coefficient (Wildman–Crippen LogP) is 3.56. The van der Waals surface area contributed by atoms with Crippen molar-refractivity contribution in [1.29, 1.82) is 0 Å². The quantitative estimate of drug-likeness (QED) is 0.866. The minimum Gasteiger partial charge on any atom is -0.444 e. The maximum absolute atomic E-state index is 12.1. The molecule has 1 unspecified atom stereocenters. The van der Waals surface area contributed by atoms with Crippen LogP contribution in [0.1, 0.15) is 65.7 Å². The van der Waals surface area contributed by atoms with Gasteiger partial charge in [-0.2, -0.15) is 0 Å². The maximum atomic E-state index is 12.1. The van der Waals surface area contributed by atoms with Gasteiger partial charge >= 0.3 is 6.09 Å². The number of hydrogen-bond donors (Lipinski definition) is 1. The Balaban J connectivity index is 1.73. The van der Waals surface area contributed by atoms with E-state index in [2.05, 4.69) is 5.32 Å². The molecule has 1 atom stereocenters. The highest BCUT2D eigenvalue weighted by Gasteiger charge is 2.27. The number of nitrogens with zero attached hydrogens (tertiary/aromatic N) is 1. The fourth-order valence-corrected chi connectivity index (χ4v) is 3.36. The zero-order valence-corrected chi connectivity index (χ0v) is 14.0. The lowest BCUT2D eigenvalue weighted by molar-refractivity contribution is 0.0186. The van der Waals surface area contributed by atoms with Crippen LogP contribution < -0.4 is 5.32 Å². The summed E-state index contributed by atoms with van der Waals surface area (Å²) in [5.74, 6) is 0.843. The molecular formula is C17H32N2O2. The van der Waals surface area contributed by atoms with E-state index in [-0.39, 0.29) is 6.09 Å². The predicted molar refractivity (Wildman–Crippen MR) is 85.4 cm³/mol. The van der Waals surface area contributed by atoms with E-state index in [1.807, 2.05) is 25.7 Å². The maximum Gasteiger partial charge on any atom is 0.410 e. The summed E-state index contributed by atoms with van der Waals surface area (Å²) >= 11 is 0. The molecule has 1 aliphatic heterocycles. The van der Waals surface area contributed by atoms with Crippen molar-refractivity contribution in [2.45, 2.75) is 77.4 Å². The van der Waals surface area contributed by atoms with Gasteiger partial charge in [0.15, 0.2) is 0 Å². The van der Waals surface area contributed by atoms with Crippen LogP contribution in [0.3, 0.4) is 0 Å². The highest BCUT2D eigenvalue weighted by Crippen LogP contribution is 2.23. The van der Waals surface area contributed by atoms with Crippen LogP contribution in [0.4, 0.5) is 4.79 Å². The van der Waals surface area contributed by atoms with E-state index >= 15 is 0 Å². The first kappa shape index (κ1) is 16.6. The summed E-state index contributed by atoms with van der Waals surface area (Å²) in [5.41, 5.74) is -0.403. The average Bonchev–Trinajstić information content (AvgIpc) is 2.45. The van der Waals surface area contributed by atoms with Gasteiger partial charge in [0.1, 0.15) is 5.60 Å². The lowest BCUT2D eigenvalue weighted by Gasteiger charge is -2.35. The molecule has 2 fully saturated rings. The summed E-state index contributed by atoms with van der Waals surface area (Å²) in [6.45, 7) is 8.51. The third kappa shape index (κ3) is 5.85. The molecule has 4 nitrogen and oxygen atoms in total. The first-order valence-corrected chi connectivity index (χ1v) is 8.65. The molecule has 1 amide bonds. The van der Waals surface area contributed by atoms with Crippen LogP contribution >= 0.6 is 0 Å². The zero-order chi connectivity index (χ0) is 15.3. The molecular weight excluding hydrogens is 264 g/mol. The number of likely N-dealkylation sites (tertiary alicyclic amines) is 1. The van der Waals surface area contributed by atoms with Crippen LogP contribution in [0, 0.1) is 5.92 Å². The summed E-state index contributed by atoms with van der Waals surface area (Å²) in [6, 6.07) is 0.438. The van der Waals surface area contributed by atoms with Gasteiger partial charge < -0.3 is 15.0 Å². The van der Waals surface area contributed by atoms with Crippen molar-refractivity contribution in [3.05, 3.63) is 0 Å². The van der Waals surface area contributed by atoms with Crippen molar-refractivity contribution in [2.75, 3.05) is 19.6 Å². The number of piperidine rings is 1. The van der Waals surface area contributed by atoms with Gasteiger partial charge in [0, 0.05) is 19.1 Å². The normalized spacial score (nSPS) is 24.9. The van der Waals surface area contributed by atoms with E-state index in [0.29, 0.717) is 6.04 Å². The van der Waals surface area contributed by atoms with Gasteiger partial charge in [-0.15, -0.1) is 0 Å². The number of amides is 1. The number of carbonyl (C=O) groups excluding carboxylic acids is 1. The summed E-state index contributed by atoms with van der Waals surface area (Å²) in [7, 11) is 0. The molecule has 4 heteroatoms. The molecule has 1 aliphatic carbocycles. The Bertz CT molecular complexity index is 332. The minimum absolute atomic E-state index is 0.160. The SMILES string of the molecule is CC(C)(C)OC(=O)N1CCCC(NCC2CCCCC2)C1. The summed E-state index contributed by atoms with van der Waals surface area (Å²) in [4.78, 5) is 14.0. The molecule has 122 valence electrons. The molecule has 0 aromatic rings. The Morgan fingerprint density at radius 2 is 1.86 bits per heavy atom. The lowest BCUT2D eigenvalue weighted by Crippen LogP contribution is -2.50. The van der Waals surface area contributed by atoms with E-state index in [9.17, 15) is 4.79 Å². The van der Waals surface area contributed by atoms with E-state index in [1.165, 1.54) is 38.5 Å². The lowest BCUT2D eigenvalue weighted by atomic mass is 9.89. The Labute approximate surface area is 129 Å². The smallest absolute Gasteiger partial charge is 0.410 e. The van der Waals surface area contributed by atoms with E-state index in [4.69, 9.17) is 4.74 Å². The van der Waals surface area contributed by atoms with Gasteiger partial charge in [0.05, 0.1) is 0 Å². The summed E-state index contributed by atoms with van der Waals surface area (Å²) < 4.78 is 5.48. The van der Waals surface area contributed by atoms with Gasteiger partial charge in [0.25, 0.3) is 0 Å². The van der Waals surface area contributed by atoms with Crippen LogP contribution in [-0.2, 0) is 4.74 Å². The van der Waals surface area contributed by atoms with Gasteiger partial charge in [0.2, 0.25) is 0 Å². The van der Waals surface area contributed by atoms with Crippen molar-refractivity contribution < 1.29 is 9.53 Å². The van der Waals surface area contributed by atoms with Crippen LogP contribution in [0.5, 0.6) is 0 Å². The number of nitrogens with one attached hydrogen (secondary N) is 1. The third-order valence-corrected chi connectivity index (χ3v) is 4.49. The average molecular weight is 296 g/mol. The largest absolute Gasteiger partial charge is 0.444 e. The Kier molecular flexibility index (Phi) is 5.91. The molecule has 1 saturated heterocycles. The van der Waals surface area contributed by atoms with Crippen molar-refractivity contribution in [3.63, 3.8) is 0 Å². The molecule has 1 heterocycles. The highest BCUT2D eigenvalue weighted by molar-refractivity contribution is 5.68. The molecule has 0 spiro atoms. The summed E-state index contributed by atoms with van der Waals surface area (Å²) in [6.07, 6.45) is 9.01. The van der Waals surface area contributed by atoms with Crippen molar-refractivity contribution in [1.82, 2.24) is 10.2 Å².